The fourth-order valence-electron chi connectivity index (χ4n) is 2.53. The first-order chi connectivity index (χ1) is 12.3. The maximum atomic E-state index is 13.0. The molecule has 3 rings (SSSR count). The number of aryl methyl sites for hydroxylation is 1. The standard InChI is InChI=1S/C16H11ClF3N5S/c1-3-26-10-4-5-12(17)24-13(10)15-23-8-6-11(16(18,19)20)22-9(7-21)14(8)25(15)2/h4-6H,3H2,1-2H3. The Morgan fingerprint density at radius 3 is 2.62 bits per heavy atom. The fraction of sp³-hybridized carbons (Fsp3) is 0.250. The molecule has 0 bridgehead atoms. The van der Waals surface area contributed by atoms with Gasteiger partial charge in [0.25, 0.3) is 0 Å². The van der Waals surface area contributed by atoms with Crippen molar-refractivity contribution in [2.45, 2.75) is 18.0 Å². The van der Waals surface area contributed by atoms with Gasteiger partial charge < -0.3 is 4.57 Å². The number of fused-ring (bicyclic) bond motifs is 1. The zero-order valence-electron chi connectivity index (χ0n) is 13.6. The predicted molar refractivity (Wildman–Crippen MR) is 92.9 cm³/mol. The van der Waals surface area contributed by atoms with Gasteiger partial charge in [-0.2, -0.15) is 18.4 Å². The molecule has 0 saturated carbocycles. The number of halogens is 4. The average Bonchev–Trinajstić information content (AvgIpc) is 2.92. The van der Waals surface area contributed by atoms with Gasteiger partial charge in [0.05, 0.1) is 5.52 Å². The first-order valence-corrected chi connectivity index (χ1v) is 8.77. The normalized spacial score (nSPS) is 11.7. The van der Waals surface area contributed by atoms with Crippen LogP contribution in [0.25, 0.3) is 22.6 Å². The van der Waals surface area contributed by atoms with Crippen LogP contribution in [0.3, 0.4) is 0 Å². The molecule has 0 saturated heterocycles. The largest absolute Gasteiger partial charge is 0.433 e. The molecule has 26 heavy (non-hydrogen) atoms. The number of nitriles is 1. The van der Waals surface area contributed by atoms with Gasteiger partial charge in [-0.05, 0) is 24.0 Å². The second kappa shape index (κ2) is 6.78. The Hall–Kier alpha value is -2.31. The molecular formula is C16H11ClF3N5S. The van der Waals surface area contributed by atoms with Gasteiger partial charge in [-0.1, -0.05) is 18.5 Å². The van der Waals surface area contributed by atoms with Crippen molar-refractivity contribution in [1.82, 2.24) is 19.5 Å². The molecule has 0 aromatic carbocycles. The van der Waals surface area contributed by atoms with Gasteiger partial charge in [-0.15, -0.1) is 11.8 Å². The van der Waals surface area contributed by atoms with Crippen molar-refractivity contribution in [2.75, 3.05) is 5.75 Å². The molecule has 0 N–H and O–H groups in total. The van der Waals surface area contributed by atoms with Crippen molar-refractivity contribution < 1.29 is 13.2 Å². The lowest BCUT2D eigenvalue weighted by Crippen LogP contribution is -2.09. The molecule has 5 nitrogen and oxygen atoms in total. The van der Waals surface area contributed by atoms with E-state index in [-0.39, 0.29) is 21.9 Å². The molecule has 3 heterocycles. The van der Waals surface area contributed by atoms with E-state index in [9.17, 15) is 18.4 Å². The zero-order valence-corrected chi connectivity index (χ0v) is 15.2. The van der Waals surface area contributed by atoms with Crippen molar-refractivity contribution in [3.05, 3.63) is 34.7 Å². The van der Waals surface area contributed by atoms with Crippen molar-refractivity contribution >= 4 is 34.4 Å². The Balaban J connectivity index is 2.32. The number of aromatic nitrogens is 4. The molecule has 134 valence electrons. The third-order valence-electron chi connectivity index (χ3n) is 3.58. The summed E-state index contributed by atoms with van der Waals surface area (Å²) in [5, 5.41) is 9.49. The quantitative estimate of drug-likeness (QED) is 0.474. The lowest BCUT2D eigenvalue weighted by atomic mass is 10.2. The van der Waals surface area contributed by atoms with Gasteiger partial charge in [-0.3, -0.25) is 0 Å². The molecule has 0 fully saturated rings. The molecular weight excluding hydrogens is 387 g/mol. The smallest absolute Gasteiger partial charge is 0.323 e. The van der Waals surface area contributed by atoms with Crippen LogP contribution in [0.2, 0.25) is 5.15 Å². The summed E-state index contributed by atoms with van der Waals surface area (Å²) in [5.74, 6) is 1.08. The molecule has 0 spiro atoms. The minimum Gasteiger partial charge on any atom is -0.323 e. The molecule has 0 aliphatic carbocycles. The Bertz CT molecular complexity index is 1040. The number of hydrogen-bond donors (Lipinski definition) is 0. The Morgan fingerprint density at radius 1 is 1.27 bits per heavy atom. The Labute approximate surface area is 155 Å². The second-order valence-corrected chi connectivity index (χ2v) is 6.93. The number of rotatable bonds is 3. The molecule has 10 heteroatoms. The van der Waals surface area contributed by atoms with Crippen LogP contribution in [0.15, 0.2) is 23.1 Å². The van der Waals surface area contributed by atoms with E-state index in [4.69, 9.17) is 11.6 Å². The Morgan fingerprint density at radius 2 is 2.00 bits per heavy atom. The summed E-state index contributed by atoms with van der Waals surface area (Å²) in [7, 11) is 1.60. The van der Waals surface area contributed by atoms with Crippen LogP contribution >= 0.6 is 23.4 Å². The maximum absolute atomic E-state index is 13.0. The number of thioether (sulfide) groups is 1. The van der Waals surface area contributed by atoms with Gasteiger partial charge in [-0.25, -0.2) is 15.0 Å². The van der Waals surface area contributed by atoms with Crippen molar-refractivity contribution in [1.29, 1.82) is 5.26 Å². The van der Waals surface area contributed by atoms with Crippen molar-refractivity contribution in [2.24, 2.45) is 7.05 Å². The molecule has 0 radical (unpaired) electrons. The minimum absolute atomic E-state index is 0.0237. The monoisotopic (exact) mass is 397 g/mol. The molecule has 3 aromatic heterocycles. The highest BCUT2D eigenvalue weighted by atomic mass is 35.5. The second-order valence-electron chi connectivity index (χ2n) is 5.24. The summed E-state index contributed by atoms with van der Waals surface area (Å²) in [4.78, 5) is 12.8. The van der Waals surface area contributed by atoms with E-state index < -0.39 is 11.9 Å². The fourth-order valence-corrected chi connectivity index (χ4v) is 3.42. The summed E-state index contributed by atoms with van der Waals surface area (Å²) in [6, 6.07) is 5.96. The van der Waals surface area contributed by atoms with E-state index in [2.05, 4.69) is 15.0 Å². The number of imidazole rings is 1. The van der Waals surface area contributed by atoms with Gasteiger partial charge in [0.2, 0.25) is 0 Å². The molecule has 0 amide bonds. The van der Waals surface area contributed by atoms with Crippen LogP contribution in [0.4, 0.5) is 13.2 Å². The SMILES string of the molecule is CCSc1ccc(Cl)nc1-c1nc2cc(C(F)(F)F)nc(C#N)c2n1C. The van der Waals surface area contributed by atoms with Crippen LogP contribution in [0.5, 0.6) is 0 Å². The van der Waals surface area contributed by atoms with Crippen LogP contribution in [0.1, 0.15) is 18.3 Å². The summed E-state index contributed by atoms with van der Waals surface area (Å²) < 4.78 is 40.6. The van der Waals surface area contributed by atoms with Crippen LogP contribution < -0.4 is 0 Å². The highest BCUT2D eigenvalue weighted by molar-refractivity contribution is 7.99. The van der Waals surface area contributed by atoms with E-state index in [1.54, 1.807) is 25.2 Å². The van der Waals surface area contributed by atoms with Gasteiger partial charge in [0, 0.05) is 11.9 Å². The molecule has 0 aliphatic rings. The minimum atomic E-state index is -4.67. The number of alkyl halides is 3. The van der Waals surface area contributed by atoms with Crippen LogP contribution in [-0.2, 0) is 13.2 Å². The van der Waals surface area contributed by atoms with Crippen molar-refractivity contribution in [3.63, 3.8) is 0 Å². The number of pyridine rings is 2. The third kappa shape index (κ3) is 3.22. The lowest BCUT2D eigenvalue weighted by Gasteiger charge is -2.08. The third-order valence-corrected chi connectivity index (χ3v) is 4.72. The van der Waals surface area contributed by atoms with E-state index in [0.29, 0.717) is 11.5 Å². The van der Waals surface area contributed by atoms with Gasteiger partial charge in [0.15, 0.2) is 11.5 Å². The first kappa shape index (κ1) is 18.5. The molecule has 0 atom stereocenters. The molecule has 3 aromatic rings. The Kier molecular flexibility index (Phi) is 4.82. The predicted octanol–water partition coefficient (Wildman–Crippen LogP) is 4.69. The summed E-state index contributed by atoms with van der Waals surface area (Å²) >= 11 is 7.50. The molecule has 0 unspecified atom stereocenters. The summed E-state index contributed by atoms with van der Waals surface area (Å²) in [6.07, 6.45) is -4.67. The van der Waals surface area contributed by atoms with E-state index >= 15 is 0 Å². The van der Waals surface area contributed by atoms with Crippen LogP contribution in [0, 0.1) is 11.3 Å². The maximum Gasteiger partial charge on any atom is 0.433 e. The van der Waals surface area contributed by atoms with Crippen LogP contribution in [-0.4, -0.2) is 25.3 Å². The lowest BCUT2D eigenvalue weighted by molar-refractivity contribution is -0.141. The number of nitrogens with zero attached hydrogens (tertiary/aromatic N) is 5. The summed E-state index contributed by atoms with van der Waals surface area (Å²) in [5.41, 5.74) is -0.822. The van der Waals surface area contributed by atoms with E-state index in [0.717, 1.165) is 16.7 Å². The topological polar surface area (TPSA) is 67.4 Å². The highest BCUT2D eigenvalue weighted by Crippen LogP contribution is 2.35. The molecule has 0 aliphatic heterocycles. The number of hydrogen-bond acceptors (Lipinski definition) is 5. The summed E-state index contributed by atoms with van der Waals surface area (Å²) in [6.45, 7) is 1.96. The zero-order chi connectivity index (χ0) is 19.1. The highest BCUT2D eigenvalue weighted by Gasteiger charge is 2.34. The van der Waals surface area contributed by atoms with Crippen molar-refractivity contribution in [3.8, 4) is 17.6 Å². The average molecular weight is 398 g/mol. The van der Waals surface area contributed by atoms with Gasteiger partial charge >= 0.3 is 6.18 Å². The van der Waals surface area contributed by atoms with E-state index in [1.807, 2.05) is 6.92 Å². The van der Waals surface area contributed by atoms with Gasteiger partial charge in [0.1, 0.15) is 28.1 Å². The first-order valence-electron chi connectivity index (χ1n) is 7.40. The van der Waals surface area contributed by atoms with E-state index in [1.165, 1.54) is 16.3 Å².